The van der Waals surface area contributed by atoms with Gasteiger partial charge >= 0.3 is 0 Å². The lowest BCUT2D eigenvalue weighted by molar-refractivity contribution is 0.737. The van der Waals surface area contributed by atoms with Crippen molar-refractivity contribution in [2.75, 3.05) is 6.54 Å². The van der Waals surface area contributed by atoms with E-state index in [1.54, 1.807) is 12.4 Å². The molecule has 0 saturated heterocycles. The van der Waals surface area contributed by atoms with E-state index in [9.17, 15) is 0 Å². The van der Waals surface area contributed by atoms with Crippen molar-refractivity contribution in [3.63, 3.8) is 0 Å². The molecule has 0 aliphatic heterocycles. The molecule has 0 aliphatic rings. The summed E-state index contributed by atoms with van der Waals surface area (Å²) in [6.45, 7) is 0.458. The van der Waals surface area contributed by atoms with Gasteiger partial charge in [0.1, 0.15) is 0 Å². The summed E-state index contributed by atoms with van der Waals surface area (Å²) in [6, 6.07) is 12.0. The Labute approximate surface area is 95.1 Å². The molecule has 16 heavy (non-hydrogen) atoms. The highest BCUT2D eigenvalue weighted by atomic mass is 14.7. The number of pyridine rings is 1. The number of hydrogen-bond acceptors (Lipinski definition) is 3. The lowest BCUT2D eigenvalue weighted by Crippen LogP contribution is -2.20. The number of rotatable bonds is 3. The van der Waals surface area contributed by atoms with Gasteiger partial charge in [-0.25, -0.2) is 0 Å². The van der Waals surface area contributed by atoms with Gasteiger partial charge in [-0.3, -0.25) is 4.98 Å². The fourth-order valence-corrected chi connectivity index (χ4v) is 1.63. The third-order valence-electron chi connectivity index (χ3n) is 2.58. The van der Waals surface area contributed by atoms with Crippen LogP contribution in [0.25, 0.3) is 11.1 Å². The Kier molecular flexibility index (Phi) is 3.29. The highest BCUT2D eigenvalue weighted by molar-refractivity contribution is 5.63. The monoisotopic (exact) mass is 213 g/mol. The first-order valence-corrected chi connectivity index (χ1v) is 5.27. The average Bonchev–Trinajstić information content (AvgIpc) is 2.39. The van der Waals surface area contributed by atoms with Crippen LogP contribution in [0.1, 0.15) is 11.6 Å². The Morgan fingerprint density at radius 2 is 1.81 bits per heavy atom. The second kappa shape index (κ2) is 4.88. The summed E-state index contributed by atoms with van der Waals surface area (Å²) < 4.78 is 0. The van der Waals surface area contributed by atoms with Crippen LogP contribution in [0.15, 0.2) is 48.8 Å². The van der Waals surface area contributed by atoms with Gasteiger partial charge in [-0.2, -0.15) is 0 Å². The maximum atomic E-state index is 5.90. The maximum Gasteiger partial charge on any atom is 0.0419 e. The van der Waals surface area contributed by atoms with Crippen molar-refractivity contribution in [2.24, 2.45) is 11.5 Å². The predicted molar refractivity (Wildman–Crippen MR) is 65.7 cm³/mol. The molecular formula is C13H15N3. The number of nitrogens with zero attached hydrogens (tertiary/aromatic N) is 1. The van der Waals surface area contributed by atoms with E-state index in [1.807, 2.05) is 24.3 Å². The molecule has 1 heterocycles. The molecule has 1 aromatic carbocycles. The summed E-state index contributed by atoms with van der Waals surface area (Å²) >= 11 is 0. The van der Waals surface area contributed by atoms with Crippen LogP contribution in [0.5, 0.6) is 0 Å². The van der Waals surface area contributed by atoms with Crippen LogP contribution in [0.4, 0.5) is 0 Å². The molecule has 0 amide bonds. The molecule has 3 heteroatoms. The van der Waals surface area contributed by atoms with Crippen molar-refractivity contribution in [1.82, 2.24) is 4.98 Å². The molecule has 2 aromatic rings. The quantitative estimate of drug-likeness (QED) is 0.815. The maximum absolute atomic E-state index is 5.90. The van der Waals surface area contributed by atoms with Gasteiger partial charge in [-0.15, -0.1) is 0 Å². The predicted octanol–water partition coefficient (Wildman–Crippen LogP) is 1.71. The third-order valence-corrected chi connectivity index (χ3v) is 2.58. The van der Waals surface area contributed by atoms with Crippen molar-refractivity contribution in [1.29, 1.82) is 0 Å². The Morgan fingerprint density at radius 1 is 1.06 bits per heavy atom. The smallest absolute Gasteiger partial charge is 0.0419 e. The molecule has 0 bridgehead atoms. The lowest BCUT2D eigenvalue weighted by atomic mass is 10.0. The van der Waals surface area contributed by atoms with Crippen LogP contribution >= 0.6 is 0 Å². The molecule has 82 valence electrons. The zero-order valence-electron chi connectivity index (χ0n) is 9.01. The fraction of sp³-hybridized carbons (Fsp3) is 0.154. The molecule has 4 N–H and O–H groups in total. The van der Waals surface area contributed by atoms with Crippen molar-refractivity contribution in [2.45, 2.75) is 6.04 Å². The van der Waals surface area contributed by atoms with Gasteiger partial charge in [0.05, 0.1) is 0 Å². The van der Waals surface area contributed by atoms with Crippen LogP contribution in [0, 0.1) is 0 Å². The first kappa shape index (κ1) is 10.8. The topological polar surface area (TPSA) is 64.9 Å². The Bertz CT molecular complexity index is 454. The lowest BCUT2D eigenvalue weighted by Gasteiger charge is -2.10. The number of nitrogens with two attached hydrogens (primary N) is 2. The van der Waals surface area contributed by atoms with Crippen LogP contribution in [0.3, 0.4) is 0 Å². The van der Waals surface area contributed by atoms with Gasteiger partial charge in [0.25, 0.3) is 0 Å². The van der Waals surface area contributed by atoms with E-state index in [0.29, 0.717) is 6.54 Å². The van der Waals surface area contributed by atoms with Gasteiger partial charge in [-0.05, 0) is 34.9 Å². The first-order chi connectivity index (χ1) is 7.81. The number of aromatic nitrogens is 1. The number of hydrogen-bond donors (Lipinski definition) is 2. The molecule has 3 nitrogen and oxygen atoms in total. The van der Waals surface area contributed by atoms with E-state index in [2.05, 4.69) is 17.1 Å². The van der Waals surface area contributed by atoms with Crippen molar-refractivity contribution < 1.29 is 0 Å². The minimum atomic E-state index is -0.0956. The summed E-state index contributed by atoms with van der Waals surface area (Å²) in [7, 11) is 0. The molecule has 2 rings (SSSR count). The van der Waals surface area contributed by atoms with Crippen LogP contribution in [-0.2, 0) is 0 Å². The summed E-state index contributed by atoms with van der Waals surface area (Å²) in [6.07, 6.45) is 3.57. The standard InChI is InChI=1S/C13H15N3/c14-9-13(15)12-3-1-2-11(8-12)10-4-6-16-7-5-10/h1-8,13H,9,14-15H2/t13-/m0/s1. The van der Waals surface area contributed by atoms with Crippen molar-refractivity contribution in [3.8, 4) is 11.1 Å². The zero-order chi connectivity index (χ0) is 11.4. The second-order valence-electron chi connectivity index (χ2n) is 3.70. The minimum absolute atomic E-state index is 0.0956. The summed E-state index contributed by atoms with van der Waals surface area (Å²) in [5.41, 5.74) is 14.8. The van der Waals surface area contributed by atoms with Gasteiger partial charge in [0, 0.05) is 25.0 Å². The Balaban J connectivity index is 2.36. The fourth-order valence-electron chi connectivity index (χ4n) is 1.63. The molecule has 0 aliphatic carbocycles. The van der Waals surface area contributed by atoms with Gasteiger partial charge in [0.2, 0.25) is 0 Å². The van der Waals surface area contributed by atoms with Crippen molar-refractivity contribution in [3.05, 3.63) is 54.4 Å². The molecule has 1 atom stereocenters. The van der Waals surface area contributed by atoms with Crippen LogP contribution < -0.4 is 11.5 Å². The molecule has 0 saturated carbocycles. The number of benzene rings is 1. The van der Waals surface area contributed by atoms with Crippen molar-refractivity contribution >= 4 is 0 Å². The summed E-state index contributed by atoms with van der Waals surface area (Å²) in [5.74, 6) is 0. The van der Waals surface area contributed by atoms with Gasteiger partial charge in [0.15, 0.2) is 0 Å². The van der Waals surface area contributed by atoms with E-state index < -0.39 is 0 Å². The Morgan fingerprint density at radius 3 is 2.50 bits per heavy atom. The first-order valence-electron chi connectivity index (χ1n) is 5.27. The Hall–Kier alpha value is -1.71. The highest BCUT2D eigenvalue weighted by Crippen LogP contribution is 2.21. The van der Waals surface area contributed by atoms with Crippen LogP contribution in [0.2, 0.25) is 0 Å². The van der Waals surface area contributed by atoms with Crippen LogP contribution in [-0.4, -0.2) is 11.5 Å². The average molecular weight is 213 g/mol. The van der Waals surface area contributed by atoms with E-state index in [4.69, 9.17) is 11.5 Å². The minimum Gasteiger partial charge on any atom is -0.329 e. The molecule has 0 fully saturated rings. The van der Waals surface area contributed by atoms with E-state index in [1.165, 1.54) is 0 Å². The van der Waals surface area contributed by atoms with Gasteiger partial charge in [-0.1, -0.05) is 18.2 Å². The summed E-state index contributed by atoms with van der Waals surface area (Å²) in [4.78, 5) is 4.00. The normalized spacial score (nSPS) is 12.4. The third kappa shape index (κ3) is 2.27. The van der Waals surface area contributed by atoms with Gasteiger partial charge < -0.3 is 11.5 Å². The van der Waals surface area contributed by atoms with E-state index in [-0.39, 0.29) is 6.04 Å². The largest absolute Gasteiger partial charge is 0.329 e. The zero-order valence-corrected chi connectivity index (χ0v) is 9.01. The molecule has 1 aromatic heterocycles. The molecular weight excluding hydrogens is 198 g/mol. The van der Waals surface area contributed by atoms with E-state index >= 15 is 0 Å². The van der Waals surface area contributed by atoms with E-state index in [0.717, 1.165) is 16.7 Å². The second-order valence-corrected chi connectivity index (χ2v) is 3.70. The summed E-state index contributed by atoms with van der Waals surface area (Å²) in [5, 5.41) is 0. The molecule has 0 spiro atoms. The molecule has 0 radical (unpaired) electrons. The SMILES string of the molecule is NC[C@H](N)c1cccc(-c2ccncc2)c1. The molecule has 0 unspecified atom stereocenters. The highest BCUT2D eigenvalue weighted by Gasteiger charge is 2.04.